The minimum absolute atomic E-state index is 0.107. The molecule has 0 aromatic heterocycles. The van der Waals surface area contributed by atoms with E-state index in [0.717, 1.165) is 47.8 Å². The van der Waals surface area contributed by atoms with Crippen LogP contribution < -0.4 is 9.47 Å². The smallest absolute Gasteiger partial charge is 0.127 e. The van der Waals surface area contributed by atoms with Crippen molar-refractivity contribution in [2.24, 2.45) is 0 Å². The fourth-order valence-electron chi connectivity index (χ4n) is 2.95. The van der Waals surface area contributed by atoms with E-state index in [-0.39, 0.29) is 6.10 Å². The van der Waals surface area contributed by atoms with Crippen molar-refractivity contribution in [2.75, 3.05) is 33.9 Å². The lowest BCUT2D eigenvalue weighted by atomic mass is 10.1. The van der Waals surface area contributed by atoms with E-state index in [9.17, 15) is 0 Å². The standard InChI is InChI=1S/C19H22BrNO3/c1-22-17-8-5-15(18(11-17)23-2)12-21-9-10-24-19(13-21)14-3-6-16(20)7-4-14/h3-8,11,19H,9-10,12-13H2,1-2H3/t19-/m0/s1. The van der Waals surface area contributed by atoms with Crippen LogP contribution in [0.5, 0.6) is 11.5 Å². The quantitative estimate of drug-likeness (QED) is 0.769. The summed E-state index contributed by atoms with van der Waals surface area (Å²) in [4.78, 5) is 2.40. The second-order valence-electron chi connectivity index (χ2n) is 5.82. The fourth-order valence-corrected chi connectivity index (χ4v) is 3.21. The third kappa shape index (κ3) is 4.09. The van der Waals surface area contributed by atoms with E-state index in [1.54, 1.807) is 14.2 Å². The Hall–Kier alpha value is -1.56. The van der Waals surface area contributed by atoms with Crippen LogP contribution in [0.3, 0.4) is 0 Å². The number of benzene rings is 2. The van der Waals surface area contributed by atoms with E-state index in [1.807, 2.05) is 12.1 Å². The van der Waals surface area contributed by atoms with Crippen LogP contribution in [0.1, 0.15) is 17.2 Å². The van der Waals surface area contributed by atoms with Crippen LogP contribution in [-0.4, -0.2) is 38.8 Å². The molecule has 0 aliphatic carbocycles. The van der Waals surface area contributed by atoms with Crippen molar-refractivity contribution in [3.05, 3.63) is 58.1 Å². The Balaban J connectivity index is 1.70. The minimum atomic E-state index is 0.107. The molecule has 5 heteroatoms. The van der Waals surface area contributed by atoms with E-state index >= 15 is 0 Å². The van der Waals surface area contributed by atoms with Gasteiger partial charge in [-0.1, -0.05) is 34.1 Å². The van der Waals surface area contributed by atoms with E-state index < -0.39 is 0 Å². The normalized spacial score (nSPS) is 18.4. The molecule has 4 nitrogen and oxygen atoms in total. The highest BCUT2D eigenvalue weighted by Gasteiger charge is 2.22. The number of hydrogen-bond donors (Lipinski definition) is 0. The van der Waals surface area contributed by atoms with Gasteiger partial charge >= 0.3 is 0 Å². The maximum Gasteiger partial charge on any atom is 0.127 e. The highest BCUT2D eigenvalue weighted by Crippen LogP contribution is 2.28. The Kier molecular flexibility index (Phi) is 5.76. The molecule has 0 unspecified atom stereocenters. The summed E-state index contributed by atoms with van der Waals surface area (Å²) < 4.78 is 17.8. The molecule has 0 amide bonds. The molecule has 1 saturated heterocycles. The van der Waals surface area contributed by atoms with Gasteiger partial charge in [0.2, 0.25) is 0 Å². The van der Waals surface area contributed by atoms with Gasteiger partial charge in [0, 0.05) is 35.7 Å². The molecule has 1 fully saturated rings. The number of morpholine rings is 1. The van der Waals surface area contributed by atoms with Crippen LogP contribution in [0.4, 0.5) is 0 Å². The molecular weight excluding hydrogens is 370 g/mol. The highest BCUT2D eigenvalue weighted by molar-refractivity contribution is 9.10. The van der Waals surface area contributed by atoms with Crippen LogP contribution in [0.15, 0.2) is 46.9 Å². The first kappa shape index (κ1) is 17.3. The van der Waals surface area contributed by atoms with Crippen LogP contribution in [-0.2, 0) is 11.3 Å². The van der Waals surface area contributed by atoms with Gasteiger partial charge in [-0.3, -0.25) is 4.90 Å². The van der Waals surface area contributed by atoms with Crippen molar-refractivity contribution in [2.45, 2.75) is 12.6 Å². The zero-order valence-corrected chi connectivity index (χ0v) is 15.6. The van der Waals surface area contributed by atoms with Crippen molar-refractivity contribution in [3.8, 4) is 11.5 Å². The molecule has 1 heterocycles. The van der Waals surface area contributed by atoms with Crippen molar-refractivity contribution in [3.63, 3.8) is 0 Å². The minimum Gasteiger partial charge on any atom is -0.497 e. The van der Waals surface area contributed by atoms with Gasteiger partial charge in [0.1, 0.15) is 11.5 Å². The Morgan fingerprint density at radius 3 is 2.62 bits per heavy atom. The first-order chi connectivity index (χ1) is 11.7. The lowest BCUT2D eigenvalue weighted by Crippen LogP contribution is -2.37. The largest absolute Gasteiger partial charge is 0.497 e. The molecule has 2 aromatic carbocycles. The average Bonchev–Trinajstić information content (AvgIpc) is 2.63. The lowest BCUT2D eigenvalue weighted by molar-refractivity contribution is -0.0331. The predicted octanol–water partition coefficient (Wildman–Crippen LogP) is 4.04. The van der Waals surface area contributed by atoms with Crippen molar-refractivity contribution in [1.82, 2.24) is 4.90 Å². The number of nitrogens with zero attached hydrogens (tertiary/aromatic N) is 1. The van der Waals surface area contributed by atoms with Gasteiger partial charge in [-0.15, -0.1) is 0 Å². The van der Waals surface area contributed by atoms with Gasteiger partial charge in [0.25, 0.3) is 0 Å². The van der Waals surface area contributed by atoms with E-state index in [0.29, 0.717) is 0 Å². The molecule has 0 saturated carbocycles. The first-order valence-corrected chi connectivity index (χ1v) is 8.79. The number of ether oxygens (including phenoxy) is 3. The molecule has 2 aromatic rings. The van der Waals surface area contributed by atoms with Crippen LogP contribution in [0, 0.1) is 0 Å². The third-order valence-corrected chi connectivity index (χ3v) is 4.81. The predicted molar refractivity (Wildman–Crippen MR) is 97.7 cm³/mol. The number of halogens is 1. The second-order valence-corrected chi connectivity index (χ2v) is 6.74. The molecule has 0 spiro atoms. The van der Waals surface area contributed by atoms with Crippen LogP contribution in [0.2, 0.25) is 0 Å². The SMILES string of the molecule is COc1ccc(CN2CCO[C@H](c3ccc(Br)cc3)C2)c(OC)c1. The maximum absolute atomic E-state index is 5.96. The van der Waals surface area contributed by atoms with Gasteiger partial charge in [0.15, 0.2) is 0 Å². The van der Waals surface area contributed by atoms with Crippen molar-refractivity contribution in [1.29, 1.82) is 0 Å². The summed E-state index contributed by atoms with van der Waals surface area (Å²) >= 11 is 3.48. The number of hydrogen-bond acceptors (Lipinski definition) is 4. The van der Waals surface area contributed by atoms with Crippen molar-refractivity contribution < 1.29 is 14.2 Å². The summed E-state index contributed by atoms with van der Waals surface area (Å²) in [5.74, 6) is 1.67. The number of methoxy groups -OCH3 is 2. The summed E-state index contributed by atoms with van der Waals surface area (Å²) in [6.45, 7) is 3.36. The summed E-state index contributed by atoms with van der Waals surface area (Å²) in [7, 11) is 3.36. The maximum atomic E-state index is 5.96. The Morgan fingerprint density at radius 1 is 1.12 bits per heavy atom. The van der Waals surface area contributed by atoms with Crippen molar-refractivity contribution >= 4 is 15.9 Å². The second kappa shape index (κ2) is 8.01. The third-order valence-electron chi connectivity index (χ3n) is 4.28. The van der Waals surface area contributed by atoms with Crippen LogP contribution >= 0.6 is 15.9 Å². The Bertz CT molecular complexity index is 675. The van der Waals surface area contributed by atoms with Gasteiger partial charge in [-0.05, 0) is 23.8 Å². The van der Waals surface area contributed by atoms with Gasteiger partial charge in [-0.25, -0.2) is 0 Å². The topological polar surface area (TPSA) is 30.9 Å². The Labute approximate surface area is 151 Å². The van der Waals surface area contributed by atoms with E-state index in [1.165, 1.54) is 5.56 Å². The monoisotopic (exact) mass is 391 g/mol. The summed E-state index contributed by atoms with van der Waals surface area (Å²) in [5, 5.41) is 0. The molecule has 0 radical (unpaired) electrons. The molecule has 1 atom stereocenters. The number of rotatable bonds is 5. The summed E-state index contributed by atoms with van der Waals surface area (Å²) in [6.07, 6.45) is 0.107. The zero-order valence-electron chi connectivity index (χ0n) is 14.0. The molecule has 24 heavy (non-hydrogen) atoms. The fraction of sp³-hybridized carbons (Fsp3) is 0.368. The Morgan fingerprint density at radius 2 is 1.92 bits per heavy atom. The zero-order chi connectivity index (χ0) is 16.9. The molecule has 1 aliphatic rings. The first-order valence-electron chi connectivity index (χ1n) is 8.00. The molecule has 0 bridgehead atoms. The lowest BCUT2D eigenvalue weighted by Gasteiger charge is -2.33. The summed E-state index contributed by atoms with van der Waals surface area (Å²) in [6, 6.07) is 14.3. The molecule has 0 N–H and O–H groups in total. The molecule has 3 rings (SSSR count). The summed E-state index contributed by atoms with van der Waals surface area (Å²) in [5.41, 5.74) is 2.37. The van der Waals surface area contributed by atoms with E-state index in [2.05, 4.69) is 51.2 Å². The average molecular weight is 392 g/mol. The highest BCUT2D eigenvalue weighted by atomic mass is 79.9. The molecule has 128 valence electrons. The van der Waals surface area contributed by atoms with E-state index in [4.69, 9.17) is 14.2 Å². The van der Waals surface area contributed by atoms with Gasteiger partial charge < -0.3 is 14.2 Å². The van der Waals surface area contributed by atoms with Crippen LogP contribution in [0.25, 0.3) is 0 Å². The van der Waals surface area contributed by atoms with Gasteiger partial charge in [0.05, 0.1) is 26.9 Å². The molecule has 1 aliphatic heterocycles. The molecular formula is C19H22BrNO3. The van der Waals surface area contributed by atoms with Gasteiger partial charge in [-0.2, -0.15) is 0 Å².